The lowest BCUT2D eigenvalue weighted by Crippen LogP contribution is -2.31. The van der Waals surface area contributed by atoms with Gasteiger partial charge in [-0.1, -0.05) is 0 Å². The second kappa shape index (κ2) is 7.87. The number of carbonyl (C=O) groups excluding carboxylic acids is 3. The van der Waals surface area contributed by atoms with Crippen molar-refractivity contribution < 1.29 is 28.8 Å². The maximum Gasteiger partial charge on any atom is 0.302 e. The van der Waals surface area contributed by atoms with E-state index in [0.29, 0.717) is 17.9 Å². The summed E-state index contributed by atoms with van der Waals surface area (Å²) in [4.78, 5) is 47.0. The van der Waals surface area contributed by atoms with Crippen molar-refractivity contribution in [2.24, 2.45) is 0 Å². The molecule has 2 aromatic carbocycles. The van der Waals surface area contributed by atoms with Crippen LogP contribution in [0, 0.1) is 10.1 Å². The fraction of sp³-hybridized carbons (Fsp3) is 0.211. The van der Waals surface area contributed by atoms with Gasteiger partial charge in [-0.05, 0) is 36.8 Å². The number of benzene rings is 2. The van der Waals surface area contributed by atoms with Crippen molar-refractivity contribution in [3.63, 3.8) is 0 Å². The Kier molecular flexibility index (Phi) is 5.35. The molecule has 1 aliphatic rings. The van der Waals surface area contributed by atoms with Crippen LogP contribution in [0.15, 0.2) is 42.5 Å². The molecular formula is C19H16N2O7. The largest absolute Gasteiger partial charge is 0.466 e. The van der Waals surface area contributed by atoms with Gasteiger partial charge >= 0.3 is 5.97 Å². The number of hydrogen-bond acceptors (Lipinski definition) is 7. The predicted molar refractivity (Wildman–Crippen MR) is 96.2 cm³/mol. The third-order valence-electron chi connectivity index (χ3n) is 4.06. The van der Waals surface area contributed by atoms with Gasteiger partial charge in [0, 0.05) is 25.6 Å². The standard InChI is InChI=1S/C19H16N2O7/c1-12(22)27-10-2-9-20-18(23)16-8-7-15(11-17(16)19(20)24)28-14-5-3-13(4-6-14)21(25)26/h3-8,11H,2,9-10H2,1H3. The lowest BCUT2D eigenvalue weighted by atomic mass is 10.1. The van der Waals surface area contributed by atoms with Crippen molar-refractivity contribution in [2.45, 2.75) is 13.3 Å². The van der Waals surface area contributed by atoms with Gasteiger partial charge in [0.25, 0.3) is 17.5 Å². The fourth-order valence-corrected chi connectivity index (χ4v) is 2.75. The third-order valence-corrected chi connectivity index (χ3v) is 4.06. The molecule has 0 spiro atoms. The molecule has 0 unspecified atom stereocenters. The second-order valence-electron chi connectivity index (χ2n) is 6.02. The predicted octanol–water partition coefficient (Wildman–Crippen LogP) is 2.94. The molecular weight excluding hydrogens is 368 g/mol. The Balaban J connectivity index is 1.70. The normalized spacial score (nSPS) is 12.7. The van der Waals surface area contributed by atoms with Crippen LogP contribution in [0.3, 0.4) is 0 Å². The first-order valence-corrected chi connectivity index (χ1v) is 8.43. The van der Waals surface area contributed by atoms with E-state index in [2.05, 4.69) is 0 Å². The summed E-state index contributed by atoms with van der Waals surface area (Å²) in [5.74, 6) is -0.590. The fourth-order valence-electron chi connectivity index (χ4n) is 2.75. The average Bonchev–Trinajstić information content (AvgIpc) is 2.89. The number of nitro groups is 1. The van der Waals surface area contributed by atoms with Gasteiger partial charge < -0.3 is 9.47 Å². The van der Waals surface area contributed by atoms with Crippen molar-refractivity contribution in [1.29, 1.82) is 0 Å². The molecule has 0 saturated carbocycles. The minimum Gasteiger partial charge on any atom is -0.466 e. The number of amides is 2. The van der Waals surface area contributed by atoms with E-state index in [4.69, 9.17) is 9.47 Å². The van der Waals surface area contributed by atoms with Crippen molar-refractivity contribution in [3.8, 4) is 11.5 Å². The minimum atomic E-state index is -0.514. The minimum absolute atomic E-state index is 0.0635. The van der Waals surface area contributed by atoms with Gasteiger partial charge in [0.15, 0.2) is 0 Å². The molecule has 28 heavy (non-hydrogen) atoms. The number of fused-ring (bicyclic) bond motifs is 1. The first-order chi connectivity index (χ1) is 13.4. The number of carbonyl (C=O) groups is 3. The van der Waals surface area contributed by atoms with Gasteiger partial charge in [0.2, 0.25) is 0 Å². The molecule has 2 aromatic rings. The molecule has 144 valence electrons. The van der Waals surface area contributed by atoms with Gasteiger partial charge in [-0.3, -0.25) is 29.4 Å². The molecule has 0 aliphatic carbocycles. The summed E-state index contributed by atoms with van der Waals surface area (Å²) in [6.07, 6.45) is 0.344. The Hall–Kier alpha value is -3.75. The third kappa shape index (κ3) is 3.98. The van der Waals surface area contributed by atoms with E-state index in [-0.39, 0.29) is 30.0 Å². The Labute approximate surface area is 159 Å². The Morgan fingerprint density at radius 2 is 1.68 bits per heavy atom. The molecule has 0 aromatic heterocycles. The number of non-ortho nitro benzene ring substituents is 1. The lowest BCUT2D eigenvalue weighted by Gasteiger charge is -2.13. The molecule has 3 rings (SSSR count). The van der Waals surface area contributed by atoms with Crippen molar-refractivity contribution in [1.82, 2.24) is 4.90 Å². The van der Waals surface area contributed by atoms with Gasteiger partial charge in [0.05, 0.1) is 22.7 Å². The summed E-state index contributed by atoms with van der Waals surface area (Å²) in [6, 6.07) is 10.0. The monoisotopic (exact) mass is 384 g/mol. The highest BCUT2D eigenvalue weighted by Crippen LogP contribution is 2.30. The Morgan fingerprint density at radius 1 is 1.04 bits per heavy atom. The van der Waals surface area contributed by atoms with E-state index >= 15 is 0 Å². The second-order valence-corrected chi connectivity index (χ2v) is 6.02. The topological polar surface area (TPSA) is 116 Å². The average molecular weight is 384 g/mol. The van der Waals surface area contributed by atoms with Crippen LogP contribution in [0.4, 0.5) is 5.69 Å². The number of rotatable bonds is 7. The van der Waals surface area contributed by atoms with E-state index in [1.165, 1.54) is 43.3 Å². The zero-order chi connectivity index (χ0) is 20.3. The van der Waals surface area contributed by atoms with Crippen LogP contribution in [0.1, 0.15) is 34.1 Å². The van der Waals surface area contributed by atoms with Crippen molar-refractivity contribution >= 4 is 23.5 Å². The van der Waals surface area contributed by atoms with E-state index in [0.717, 1.165) is 4.90 Å². The quantitative estimate of drug-likeness (QED) is 0.237. The van der Waals surface area contributed by atoms with Crippen LogP contribution in [-0.2, 0) is 9.53 Å². The summed E-state index contributed by atoms with van der Waals surface area (Å²) in [5.41, 5.74) is 0.428. The van der Waals surface area contributed by atoms with Crippen LogP contribution in [0.2, 0.25) is 0 Å². The maximum absolute atomic E-state index is 12.5. The summed E-state index contributed by atoms with van der Waals surface area (Å²) >= 11 is 0. The van der Waals surface area contributed by atoms with Crippen molar-refractivity contribution in [3.05, 3.63) is 63.7 Å². The van der Waals surface area contributed by atoms with E-state index in [1.54, 1.807) is 6.07 Å². The molecule has 0 N–H and O–H groups in total. The lowest BCUT2D eigenvalue weighted by molar-refractivity contribution is -0.384. The molecule has 9 nitrogen and oxygen atoms in total. The molecule has 0 radical (unpaired) electrons. The summed E-state index contributed by atoms with van der Waals surface area (Å²) in [7, 11) is 0. The number of ether oxygens (including phenoxy) is 2. The number of nitro benzene ring substituents is 1. The van der Waals surface area contributed by atoms with E-state index in [9.17, 15) is 24.5 Å². The smallest absolute Gasteiger partial charge is 0.302 e. The number of nitrogens with zero attached hydrogens (tertiary/aromatic N) is 2. The number of esters is 1. The molecule has 0 fully saturated rings. The van der Waals surface area contributed by atoms with Gasteiger partial charge in [-0.25, -0.2) is 0 Å². The van der Waals surface area contributed by atoms with Gasteiger partial charge in [0.1, 0.15) is 11.5 Å². The maximum atomic E-state index is 12.5. The molecule has 1 heterocycles. The van der Waals surface area contributed by atoms with E-state index in [1.807, 2.05) is 0 Å². The SMILES string of the molecule is CC(=O)OCCCN1C(=O)c2ccc(Oc3ccc([N+](=O)[O-])cc3)cc2C1=O. The first-order valence-electron chi connectivity index (χ1n) is 8.43. The van der Waals surface area contributed by atoms with Gasteiger partial charge in [-0.15, -0.1) is 0 Å². The molecule has 1 aliphatic heterocycles. The highest BCUT2D eigenvalue weighted by molar-refractivity contribution is 6.21. The zero-order valence-electron chi connectivity index (χ0n) is 14.9. The van der Waals surface area contributed by atoms with Crippen molar-refractivity contribution in [2.75, 3.05) is 13.2 Å². The Morgan fingerprint density at radius 3 is 2.32 bits per heavy atom. The van der Waals surface area contributed by atoms with Gasteiger partial charge in [-0.2, -0.15) is 0 Å². The zero-order valence-corrected chi connectivity index (χ0v) is 14.9. The van der Waals surface area contributed by atoms with Crippen LogP contribution >= 0.6 is 0 Å². The van der Waals surface area contributed by atoms with Crippen LogP contribution in [0.5, 0.6) is 11.5 Å². The molecule has 0 bridgehead atoms. The highest BCUT2D eigenvalue weighted by atomic mass is 16.6. The summed E-state index contributed by atoms with van der Waals surface area (Å²) < 4.78 is 10.4. The van der Waals surface area contributed by atoms with E-state index < -0.39 is 22.7 Å². The Bertz CT molecular complexity index is 953. The first kappa shape index (κ1) is 19.0. The summed E-state index contributed by atoms with van der Waals surface area (Å²) in [5, 5.41) is 10.7. The summed E-state index contributed by atoms with van der Waals surface area (Å²) in [6.45, 7) is 1.55. The highest BCUT2D eigenvalue weighted by Gasteiger charge is 2.35. The number of imide groups is 1. The van der Waals surface area contributed by atoms with Crippen LogP contribution < -0.4 is 4.74 Å². The molecule has 0 saturated heterocycles. The number of hydrogen-bond donors (Lipinski definition) is 0. The van der Waals surface area contributed by atoms with Crippen LogP contribution in [-0.4, -0.2) is 40.8 Å². The molecule has 0 atom stereocenters. The van der Waals surface area contributed by atoms with Crippen LogP contribution in [0.25, 0.3) is 0 Å². The molecule has 2 amide bonds. The molecule has 9 heteroatoms.